The number of nitrogens with zero attached hydrogens (tertiary/aromatic N) is 2. The van der Waals surface area contributed by atoms with E-state index in [0.717, 1.165) is 32.7 Å². The van der Waals surface area contributed by atoms with E-state index >= 15 is 0 Å². The Bertz CT molecular complexity index is 354. The topological polar surface area (TPSA) is 62.7 Å². The Hall–Kier alpha value is -1.33. The predicted molar refractivity (Wildman–Crippen MR) is 64.7 cm³/mol. The molecule has 0 radical (unpaired) electrons. The highest BCUT2D eigenvalue weighted by molar-refractivity contribution is 5.91. The molecule has 0 aliphatic carbocycles. The lowest BCUT2D eigenvalue weighted by molar-refractivity contribution is 0.0602. The molecule has 0 spiro atoms. The van der Waals surface area contributed by atoms with Gasteiger partial charge in [-0.1, -0.05) is 0 Å². The summed E-state index contributed by atoms with van der Waals surface area (Å²) in [5, 5.41) is 0. The molecule has 17 heavy (non-hydrogen) atoms. The molecule has 1 atom stereocenters. The van der Waals surface area contributed by atoms with Gasteiger partial charge in [-0.15, -0.1) is 0 Å². The number of carbonyl (C=O) groups is 1. The lowest BCUT2D eigenvalue weighted by atomic mass is 10.2. The van der Waals surface area contributed by atoms with Crippen molar-refractivity contribution in [1.29, 1.82) is 0 Å². The van der Waals surface area contributed by atoms with Crippen molar-refractivity contribution in [2.45, 2.75) is 13.0 Å². The molecule has 5 nitrogen and oxygen atoms in total. The Balaban J connectivity index is 1.85. The number of furan rings is 1. The average Bonchev–Trinajstić information content (AvgIpc) is 2.82. The van der Waals surface area contributed by atoms with Gasteiger partial charge in [0, 0.05) is 38.8 Å². The molecule has 1 fully saturated rings. The summed E-state index contributed by atoms with van der Waals surface area (Å²) in [6.07, 6.45) is 1.53. The molecule has 1 saturated heterocycles. The van der Waals surface area contributed by atoms with Crippen molar-refractivity contribution < 1.29 is 9.21 Å². The summed E-state index contributed by atoms with van der Waals surface area (Å²) in [5.74, 6) is 0.404. The minimum Gasteiger partial charge on any atom is -0.459 e. The smallest absolute Gasteiger partial charge is 0.289 e. The van der Waals surface area contributed by atoms with E-state index in [1.54, 1.807) is 12.1 Å². The summed E-state index contributed by atoms with van der Waals surface area (Å²) in [4.78, 5) is 16.1. The molecule has 1 aromatic heterocycles. The Morgan fingerprint density at radius 2 is 2.18 bits per heavy atom. The molecule has 1 amide bonds. The minimum atomic E-state index is -0.0181. The van der Waals surface area contributed by atoms with Crippen molar-refractivity contribution in [3.8, 4) is 0 Å². The first-order valence-electron chi connectivity index (χ1n) is 5.97. The zero-order chi connectivity index (χ0) is 12.3. The Morgan fingerprint density at radius 1 is 1.47 bits per heavy atom. The lowest BCUT2D eigenvalue weighted by Crippen LogP contribution is -2.51. The zero-order valence-corrected chi connectivity index (χ0v) is 10.1. The Morgan fingerprint density at radius 3 is 2.71 bits per heavy atom. The van der Waals surface area contributed by atoms with Crippen molar-refractivity contribution in [2.24, 2.45) is 5.73 Å². The van der Waals surface area contributed by atoms with Crippen LogP contribution in [0.25, 0.3) is 0 Å². The maximum absolute atomic E-state index is 12.0. The molecule has 2 rings (SSSR count). The highest BCUT2D eigenvalue weighted by Gasteiger charge is 2.23. The third-order valence-corrected chi connectivity index (χ3v) is 2.94. The van der Waals surface area contributed by atoms with E-state index in [1.807, 2.05) is 11.8 Å². The van der Waals surface area contributed by atoms with Crippen molar-refractivity contribution >= 4 is 5.91 Å². The number of rotatable bonds is 3. The highest BCUT2D eigenvalue weighted by Crippen LogP contribution is 2.09. The summed E-state index contributed by atoms with van der Waals surface area (Å²) in [7, 11) is 0. The molecule has 1 aliphatic heterocycles. The Kier molecular flexibility index (Phi) is 3.81. The zero-order valence-electron chi connectivity index (χ0n) is 10.1. The van der Waals surface area contributed by atoms with E-state index in [4.69, 9.17) is 10.2 Å². The van der Waals surface area contributed by atoms with Gasteiger partial charge in [0.2, 0.25) is 0 Å². The first kappa shape index (κ1) is 12.1. The maximum Gasteiger partial charge on any atom is 0.289 e. The van der Waals surface area contributed by atoms with Crippen LogP contribution in [0.5, 0.6) is 0 Å². The van der Waals surface area contributed by atoms with Crippen molar-refractivity contribution in [3.05, 3.63) is 24.2 Å². The Labute approximate surface area is 101 Å². The van der Waals surface area contributed by atoms with Gasteiger partial charge in [-0.3, -0.25) is 9.69 Å². The van der Waals surface area contributed by atoms with E-state index in [1.165, 1.54) is 6.26 Å². The predicted octanol–water partition coefficient (Wildman–Crippen LogP) is 0.385. The van der Waals surface area contributed by atoms with Crippen LogP contribution in [0.3, 0.4) is 0 Å². The average molecular weight is 237 g/mol. The van der Waals surface area contributed by atoms with Crippen LogP contribution < -0.4 is 5.73 Å². The normalized spacial score (nSPS) is 19.3. The number of hydrogen-bond donors (Lipinski definition) is 1. The first-order valence-corrected chi connectivity index (χ1v) is 5.97. The van der Waals surface area contributed by atoms with E-state index < -0.39 is 0 Å². The third kappa shape index (κ3) is 3.08. The van der Waals surface area contributed by atoms with Gasteiger partial charge < -0.3 is 15.1 Å². The van der Waals surface area contributed by atoms with Crippen molar-refractivity contribution in [1.82, 2.24) is 9.80 Å². The second-order valence-electron chi connectivity index (χ2n) is 4.55. The highest BCUT2D eigenvalue weighted by atomic mass is 16.3. The fraction of sp³-hybridized carbons (Fsp3) is 0.583. The summed E-state index contributed by atoms with van der Waals surface area (Å²) >= 11 is 0. The molecule has 0 aromatic carbocycles. The molecule has 0 unspecified atom stereocenters. The SMILES string of the molecule is C[C@@H](N)CN1CCN(C(=O)c2ccco2)CC1. The van der Waals surface area contributed by atoms with E-state index in [-0.39, 0.29) is 11.9 Å². The second-order valence-corrected chi connectivity index (χ2v) is 4.55. The van der Waals surface area contributed by atoms with Crippen LogP contribution in [0.1, 0.15) is 17.5 Å². The summed E-state index contributed by atoms with van der Waals surface area (Å²) in [5.41, 5.74) is 5.76. The lowest BCUT2D eigenvalue weighted by Gasteiger charge is -2.35. The second kappa shape index (κ2) is 5.33. The van der Waals surface area contributed by atoms with Crippen LogP contribution in [0.4, 0.5) is 0 Å². The molecule has 1 aromatic rings. The summed E-state index contributed by atoms with van der Waals surface area (Å²) < 4.78 is 5.12. The van der Waals surface area contributed by atoms with Crippen LogP contribution in [-0.2, 0) is 0 Å². The number of hydrogen-bond acceptors (Lipinski definition) is 4. The fourth-order valence-electron chi connectivity index (χ4n) is 2.10. The molecular weight excluding hydrogens is 218 g/mol. The monoisotopic (exact) mass is 237 g/mol. The van der Waals surface area contributed by atoms with E-state index in [0.29, 0.717) is 5.76 Å². The van der Waals surface area contributed by atoms with Crippen LogP contribution in [0.15, 0.2) is 22.8 Å². The van der Waals surface area contributed by atoms with Gasteiger partial charge in [0.1, 0.15) is 0 Å². The standard InChI is InChI=1S/C12H19N3O2/c1-10(13)9-14-4-6-15(7-5-14)12(16)11-3-2-8-17-11/h2-3,8,10H,4-7,9,13H2,1H3/t10-/m1/s1. The first-order chi connectivity index (χ1) is 8.16. The van der Waals surface area contributed by atoms with Gasteiger partial charge in [-0.2, -0.15) is 0 Å². The number of nitrogens with two attached hydrogens (primary N) is 1. The van der Waals surface area contributed by atoms with Gasteiger partial charge in [0.05, 0.1) is 6.26 Å². The van der Waals surface area contributed by atoms with E-state index in [9.17, 15) is 4.79 Å². The van der Waals surface area contributed by atoms with Crippen LogP contribution in [0, 0.1) is 0 Å². The molecule has 1 aliphatic rings. The van der Waals surface area contributed by atoms with Gasteiger partial charge in [-0.05, 0) is 19.1 Å². The van der Waals surface area contributed by atoms with Crippen molar-refractivity contribution in [3.63, 3.8) is 0 Å². The van der Waals surface area contributed by atoms with Crippen LogP contribution >= 0.6 is 0 Å². The largest absolute Gasteiger partial charge is 0.459 e. The van der Waals surface area contributed by atoms with E-state index in [2.05, 4.69) is 4.90 Å². The summed E-state index contributed by atoms with van der Waals surface area (Å²) in [6, 6.07) is 3.62. The van der Waals surface area contributed by atoms with Crippen LogP contribution in [0.2, 0.25) is 0 Å². The van der Waals surface area contributed by atoms with Crippen molar-refractivity contribution in [2.75, 3.05) is 32.7 Å². The maximum atomic E-state index is 12.0. The van der Waals surface area contributed by atoms with Gasteiger partial charge in [0.25, 0.3) is 5.91 Å². The summed E-state index contributed by atoms with van der Waals surface area (Å²) in [6.45, 7) is 6.14. The molecule has 94 valence electrons. The third-order valence-electron chi connectivity index (χ3n) is 2.94. The number of carbonyl (C=O) groups excluding carboxylic acids is 1. The fourth-order valence-corrected chi connectivity index (χ4v) is 2.10. The van der Waals surface area contributed by atoms with Gasteiger partial charge in [0.15, 0.2) is 5.76 Å². The minimum absolute atomic E-state index is 0.0181. The molecule has 2 heterocycles. The quantitative estimate of drug-likeness (QED) is 0.825. The number of piperazine rings is 1. The van der Waals surface area contributed by atoms with Gasteiger partial charge in [-0.25, -0.2) is 0 Å². The van der Waals surface area contributed by atoms with Gasteiger partial charge >= 0.3 is 0 Å². The molecular formula is C12H19N3O2. The number of amides is 1. The molecule has 5 heteroatoms. The molecule has 2 N–H and O–H groups in total. The molecule has 0 bridgehead atoms. The van der Waals surface area contributed by atoms with Crippen LogP contribution in [-0.4, -0.2) is 54.5 Å². The molecule has 0 saturated carbocycles.